The fraction of sp³-hybridized carbons (Fsp3) is 0. The summed E-state index contributed by atoms with van der Waals surface area (Å²) in [6.07, 6.45) is 2.81. The fourth-order valence-electron chi connectivity index (χ4n) is 0.793. The summed E-state index contributed by atoms with van der Waals surface area (Å²) in [6, 6.07) is 0. The van der Waals surface area contributed by atoms with Gasteiger partial charge < -0.3 is 4.98 Å². The lowest BCUT2D eigenvalue weighted by Gasteiger charge is -1.84. The van der Waals surface area contributed by atoms with Crippen molar-refractivity contribution < 1.29 is 14.4 Å². The zero-order valence-electron chi connectivity index (χ0n) is 5.53. The first-order valence-corrected chi connectivity index (χ1v) is 2.90. The van der Waals surface area contributed by atoms with Gasteiger partial charge in [-0.2, -0.15) is 0 Å². The quantitative estimate of drug-likeness (QED) is 0.638. The number of aromatic amines is 1. The van der Waals surface area contributed by atoms with Crippen molar-refractivity contribution in [3.63, 3.8) is 0 Å². The summed E-state index contributed by atoms with van der Waals surface area (Å²) in [5.41, 5.74) is 0.471. The van der Waals surface area contributed by atoms with Crippen LogP contribution in [0.5, 0.6) is 0 Å². The predicted molar refractivity (Wildman–Crippen MR) is 37.0 cm³/mol. The Labute approximate surface area is 62.2 Å². The van der Waals surface area contributed by atoms with Crippen LogP contribution >= 0.6 is 0 Å². The van der Waals surface area contributed by atoms with Crippen LogP contribution in [0, 0.1) is 0 Å². The van der Waals surface area contributed by atoms with E-state index in [1.165, 1.54) is 6.20 Å². The van der Waals surface area contributed by atoms with Crippen LogP contribution in [0.3, 0.4) is 0 Å². The van der Waals surface area contributed by atoms with Gasteiger partial charge in [-0.15, -0.1) is 0 Å². The maximum atomic E-state index is 10.3. The van der Waals surface area contributed by atoms with E-state index in [9.17, 15) is 14.4 Å². The Kier molecular flexibility index (Phi) is 1.96. The van der Waals surface area contributed by atoms with Crippen molar-refractivity contribution in [2.45, 2.75) is 0 Å². The van der Waals surface area contributed by atoms with Gasteiger partial charge in [0.05, 0.1) is 11.3 Å². The Hall–Kier alpha value is -1.71. The zero-order valence-corrected chi connectivity index (χ0v) is 5.53. The molecule has 4 heteroatoms. The second-order valence-electron chi connectivity index (χ2n) is 1.92. The van der Waals surface area contributed by atoms with E-state index in [1.54, 1.807) is 0 Å². The van der Waals surface area contributed by atoms with E-state index in [0.29, 0.717) is 18.9 Å². The van der Waals surface area contributed by atoms with Crippen LogP contribution < -0.4 is 0 Å². The average Bonchev–Trinajstić information content (AvgIpc) is 2.45. The first kappa shape index (κ1) is 7.40. The smallest absolute Gasteiger partial charge is 0.167 e. The third-order valence-corrected chi connectivity index (χ3v) is 1.35. The summed E-state index contributed by atoms with van der Waals surface area (Å²) >= 11 is 0. The van der Waals surface area contributed by atoms with Crippen LogP contribution in [0.15, 0.2) is 6.20 Å². The molecule has 0 bridgehead atoms. The van der Waals surface area contributed by atoms with Gasteiger partial charge in [-0.25, -0.2) is 0 Å². The summed E-state index contributed by atoms with van der Waals surface area (Å²) in [5, 5.41) is 0. The van der Waals surface area contributed by atoms with Gasteiger partial charge in [0.25, 0.3) is 0 Å². The lowest BCUT2D eigenvalue weighted by molar-refractivity contribution is 0.108. The van der Waals surface area contributed by atoms with E-state index >= 15 is 0 Å². The Morgan fingerprint density at radius 2 is 1.82 bits per heavy atom. The number of aldehydes is 3. The van der Waals surface area contributed by atoms with Crippen LogP contribution in [0.25, 0.3) is 0 Å². The number of rotatable bonds is 3. The summed E-state index contributed by atoms with van der Waals surface area (Å²) in [6.45, 7) is 0. The van der Waals surface area contributed by atoms with Gasteiger partial charge in [-0.3, -0.25) is 14.4 Å². The van der Waals surface area contributed by atoms with E-state index in [1.807, 2.05) is 0 Å². The van der Waals surface area contributed by atoms with Gasteiger partial charge in [0.1, 0.15) is 0 Å². The normalized spacial score (nSPS) is 9.09. The highest BCUT2D eigenvalue weighted by Gasteiger charge is 2.07. The van der Waals surface area contributed by atoms with Gasteiger partial charge >= 0.3 is 0 Å². The van der Waals surface area contributed by atoms with Crippen molar-refractivity contribution in [2.24, 2.45) is 0 Å². The summed E-state index contributed by atoms with van der Waals surface area (Å²) in [4.78, 5) is 33.2. The molecule has 0 spiro atoms. The van der Waals surface area contributed by atoms with Gasteiger partial charge in [-0.1, -0.05) is 0 Å². The standard InChI is InChI=1S/C7H5NO3/c9-2-5-1-8-7(4-11)6(5)3-10/h1-4,8H. The lowest BCUT2D eigenvalue weighted by atomic mass is 10.2. The number of aromatic nitrogens is 1. The molecule has 0 aliphatic rings. The molecule has 11 heavy (non-hydrogen) atoms. The van der Waals surface area contributed by atoms with Crippen molar-refractivity contribution in [2.75, 3.05) is 0 Å². The zero-order chi connectivity index (χ0) is 8.27. The molecule has 1 aromatic rings. The minimum absolute atomic E-state index is 0.120. The lowest BCUT2D eigenvalue weighted by Crippen LogP contribution is -1.89. The van der Waals surface area contributed by atoms with Gasteiger partial charge in [0, 0.05) is 11.8 Å². The van der Waals surface area contributed by atoms with Crippen molar-refractivity contribution in [3.05, 3.63) is 23.0 Å². The van der Waals surface area contributed by atoms with Crippen LogP contribution in [-0.4, -0.2) is 23.8 Å². The van der Waals surface area contributed by atoms with E-state index in [0.717, 1.165) is 0 Å². The third kappa shape index (κ3) is 1.10. The highest BCUT2D eigenvalue weighted by atomic mass is 16.1. The molecule has 0 saturated heterocycles. The molecule has 0 atom stereocenters. The number of carbonyl (C=O) groups excluding carboxylic acids is 3. The SMILES string of the molecule is O=Cc1c[nH]c(C=O)c1C=O. The minimum Gasteiger partial charge on any atom is -0.358 e. The summed E-state index contributed by atoms with van der Waals surface area (Å²) in [5.74, 6) is 0. The Balaban J connectivity index is 3.29. The molecule has 0 aliphatic carbocycles. The minimum atomic E-state index is 0.120. The maximum Gasteiger partial charge on any atom is 0.167 e. The molecule has 1 rings (SSSR count). The molecule has 0 aromatic carbocycles. The number of carbonyl (C=O) groups is 3. The molecule has 1 aromatic heterocycles. The largest absolute Gasteiger partial charge is 0.358 e. The van der Waals surface area contributed by atoms with E-state index in [2.05, 4.69) is 4.98 Å². The molecule has 0 fully saturated rings. The molecular formula is C7H5NO3. The second kappa shape index (κ2) is 2.92. The van der Waals surface area contributed by atoms with Crippen LogP contribution in [-0.2, 0) is 0 Å². The van der Waals surface area contributed by atoms with E-state index in [4.69, 9.17) is 0 Å². The van der Waals surface area contributed by atoms with E-state index in [-0.39, 0.29) is 16.8 Å². The van der Waals surface area contributed by atoms with Crippen molar-refractivity contribution in [1.29, 1.82) is 0 Å². The van der Waals surface area contributed by atoms with Gasteiger partial charge in [0.15, 0.2) is 18.9 Å². The summed E-state index contributed by atoms with van der Waals surface area (Å²) < 4.78 is 0. The molecule has 1 heterocycles. The number of nitrogens with one attached hydrogen (secondary N) is 1. The molecule has 0 amide bonds. The third-order valence-electron chi connectivity index (χ3n) is 1.35. The highest BCUT2D eigenvalue weighted by Crippen LogP contribution is 2.06. The van der Waals surface area contributed by atoms with Crippen molar-refractivity contribution in [1.82, 2.24) is 4.98 Å². The van der Waals surface area contributed by atoms with Gasteiger partial charge in [0.2, 0.25) is 0 Å². The first-order chi connectivity index (χ1) is 5.33. The second-order valence-corrected chi connectivity index (χ2v) is 1.92. The number of hydrogen-bond donors (Lipinski definition) is 1. The molecule has 0 saturated carbocycles. The molecule has 4 nitrogen and oxygen atoms in total. The van der Waals surface area contributed by atoms with Crippen LogP contribution in [0.4, 0.5) is 0 Å². The fourth-order valence-corrected chi connectivity index (χ4v) is 0.793. The molecule has 0 aliphatic heterocycles. The van der Waals surface area contributed by atoms with Crippen molar-refractivity contribution in [3.8, 4) is 0 Å². The van der Waals surface area contributed by atoms with Crippen LogP contribution in [0.2, 0.25) is 0 Å². The molecule has 0 radical (unpaired) electrons. The van der Waals surface area contributed by atoms with Crippen molar-refractivity contribution >= 4 is 18.9 Å². The Morgan fingerprint density at radius 3 is 2.27 bits per heavy atom. The highest BCUT2D eigenvalue weighted by molar-refractivity contribution is 5.97. The molecule has 0 unspecified atom stereocenters. The molecule has 56 valence electrons. The molecule has 1 N–H and O–H groups in total. The van der Waals surface area contributed by atoms with Crippen LogP contribution in [0.1, 0.15) is 31.2 Å². The Bertz CT molecular complexity index is 275. The van der Waals surface area contributed by atoms with Gasteiger partial charge in [-0.05, 0) is 0 Å². The Morgan fingerprint density at radius 1 is 1.09 bits per heavy atom. The summed E-state index contributed by atoms with van der Waals surface area (Å²) in [7, 11) is 0. The average molecular weight is 151 g/mol. The topological polar surface area (TPSA) is 67.0 Å². The first-order valence-electron chi connectivity index (χ1n) is 2.90. The number of H-pyrrole nitrogens is 1. The maximum absolute atomic E-state index is 10.3. The molecular weight excluding hydrogens is 146 g/mol. The predicted octanol–water partition coefficient (Wildman–Crippen LogP) is 0.452. The van der Waals surface area contributed by atoms with E-state index < -0.39 is 0 Å². The number of hydrogen-bond acceptors (Lipinski definition) is 3. The monoisotopic (exact) mass is 151 g/mol.